The lowest BCUT2D eigenvalue weighted by Gasteiger charge is -2.26. The number of rotatable bonds is 3. The molecule has 0 radical (unpaired) electrons. The van der Waals surface area contributed by atoms with Crippen molar-refractivity contribution in [3.63, 3.8) is 0 Å². The van der Waals surface area contributed by atoms with E-state index < -0.39 is 12.0 Å². The third-order valence-corrected chi connectivity index (χ3v) is 4.35. The van der Waals surface area contributed by atoms with Gasteiger partial charge in [-0.2, -0.15) is 0 Å². The Bertz CT molecular complexity index is 727. The maximum Gasteiger partial charge on any atom is 0.326 e. The van der Waals surface area contributed by atoms with Gasteiger partial charge in [0.25, 0.3) is 0 Å². The average molecular weight is 299 g/mol. The first-order chi connectivity index (χ1) is 10.5. The molecule has 0 amide bonds. The van der Waals surface area contributed by atoms with Gasteiger partial charge < -0.3 is 14.9 Å². The van der Waals surface area contributed by atoms with Gasteiger partial charge in [0.1, 0.15) is 11.9 Å². The van der Waals surface area contributed by atoms with Gasteiger partial charge in [0.15, 0.2) is 0 Å². The van der Waals surface area contributed by atoms with Crippen LogP contribution in [0.3, 0.4) is 0 Å². The van der Waals surface area contributed by atoms with E-state index >= 15 is 0 Å². The maximum atomic E-state index is 11.5. The lowest BCUT2D eigenvalue weighted by atomic mass is 10.0. The second-order valence-electron chi connectivity index (χ2n) is 6.05. The van der Waals surface area contributed by atoms with E-state index in [2.05, 4.69) is 24.0 Å². The quantitative estimate of drug-likeness (QED) is 0.944. The van der Waals surface area contributed by atoms with E-state index in [-0.39, 0.29) is 0 Å². The second-order valence-corrected chi connectivity index (χ2v) is 6.05. The number of aromatic nitrogens is 1. The number of hydrogen-bond acceptors (Lipinski definition) is 4. The third-order valence-electron chi connectivity index (χ3n) is 4.35. The van der Waals surface area contributed by atoms with Crippen molar-refractivity contribution in [3.05, 3.63) is 30.0 Å². The molecule has 1 unspecified atom stereocenters. The molecule has 3 rings (SSSR count). The number of aryl methyl sites for hydroxylation is 1. The highest BCUT2D eigenvalue weighted by Gasteiger charge is 2.32. The van der Waals surface area contributed by atoms with Crippen LogP contribution in [-0.2, 0) is 4.79 Å². The largest absolute Gasteiger partial charge is 0.480 e. The highest BCUT2D eigenvalue weighted by Crippen LogP contribution is 2.36. The molecule has 0 aliphatic carbocycles. The van der Waals surface area contributed by atoms with Gasteiger partial charge in [-0.25, -0.2) is 9.78 Å². The van der Waals surface area contributed by atoms with Crippen molar-refractivity contribution < 1.29 is 9.90 Å². The van der Waals surface area contributed by atoms with Crippen LogP contribution >= 0.6 is 0 Å². The zero-order chi connectivity index (χ0) is 15.9. The molecular weight excluding hydrogens is 278 g/mol. The van der Waals surface area contributed by atoms with Crippen LogP contribution in [0.4, 0.5) is 11.5 Å². The van der Waals surface area contributed by atoms with Crippen LogP contribution in [0.1, 0.15) is 18.4 Å². The van der Waals surface area contributed by atoms with E-state index in [0.29, 0.717) is 6.42 Å². The average Bonchev–Trinajstić information content (AvgIpc) is 2.95. The van der Waals surface area contributed by atoms with Crippen LogP contribution in [0.5, 0.6) is 0 Å². The van der Waals surface area contributed by atoms with Gasteiger partial charge in [-0.3, -0.25) is 0 Å². The number of carbonyl (C=O) groups is 1. The Balaban J connectivity index is 2.22. The summed E-state index contributed by atoms with van der Waals surface area (Å²) in [6.45, 7) is 2.84. The smallest absolute Gasteiger partial charge is 0.326 e. The fourth-order valence-electron chi connectivity index (χ4n) is 3.31. The first-order valence-electron chi connectivity index (χ1n) is 7.56. The topological polar surface area (TPSA) is 56.7 Å². The molecule has 0 spiro atoms. The predicted molar refractivity (Wildman–Crippen MR) is 88.8 cm³/mol. The number of anilines is 2. The number of hydrogen-bond donors (Lipinski definition) is 1. The van der Waals surface area contributed by atoms with Crippen LogP contribution in [0.2, 0.25) is 0 Å². The molecular formula is C17H21N3O2. The van der Waals surface area contributed by atoms with Crippen molar-refractivity contribution in [1.82, 2.24) is 4.98 Å². The van der Waals surface area contributed by atoms with Gasteiger partial charge >= 0.3 is 5.97 Å². The molecule has 0 saturated carbocycles. The van der Waals surface area contributed by atoms with Crippen LogP contribution in [0.15, 0.2) is 24.4 Å². The number of fused-ring (bicyclic) bond motifs is 1. The Kier molecular flexibility index (Phi) is 3.64. The first kappa shape index (κ1) is 14.6. The van der Waals surface area contributed by atoms with E-state index in [1.54, 1.807) is 0 Å². The van der Waals surface area contributed by atoms with E-state index in [9.17, 15) is 9.90 Å². The van der Waals surface area contributed by atoms with Gasteiger partial charge in [-0.15, -0.1) is 0 Å². The fourth-order valence-corrected chi connectivity index (χ4v) is 3.31. The van der Waals surface area contributed by atoms with Gasteiger partial charge in [0.2, 0.25) is 0 Å². The number of carboxylic acids is 1. The zero-order valence-electron chi connectivity index (χ0n) is 13.2. The molecule has 1 aromatic carbocycles. The summed E-state index contributed by atoms with van der Waals surface area (Å²) in [4.78, 5) is 20.1. The molecule has 1 saturated heterocycles. The standard InChI is InChI=1S/C17H21N3O2/c1-11-6-4-7-12-14(10-18-16(15(11)12)19(2)3)20-9-5-8-13(20)17(21)22/h4,6-7,10,13H,5,8-9H2,1-3H3,(H,21,22). The molecule has 2 heterocycles. The lowest BCUT2D eigenvalue weighted by molar-refractivity contribution is -0.138. The maximum absolute atomic E-state index is 11.5. The number of pyridine rings is 1. The molecule has 1 aromatic heterocycles. The Hall–Kier alpha value is -2.30. The fraction of sp³-hybridized carbons (Fsp3) is 0.412. The highest BCUT2D eigenvalue weighted by molar-refractivity contribution is 6.03. The zero-order valence-corrected chi connectivity index (χ0v) is 13.2. The lowest BCUT2D eigenvalue weighted by Crippen LogP contribution is -2.36. The summed E-state index contributed by atoms with van der Waals surface area (Å²) in [6, 6.07) is 5.70. The number of nitrogens with zero attached hydrogens (tertiary/aromatic N) is 3. The molecule has 1 atom stereocenters. The molecule has 0 bridgehead atoms. The van der Waals surface area contributed by atoms with E-state index in [1.165, 1.54) is 0 Å². The Labute approximate surface area is 130 Å². The summed E-state index contributed by atoms with van der Waals surface area (Å²) >= 11 is 0. The molecule has 5 nitrogen and oxygen atoms in total. The third kappa shape index (κ3) is 2.26. The number of aliphatic carboxylic acids is 1. The molecule has 22 heavy (non-hydrogen) atoms. The summed E-state index contributed by atoms with van der Waals surface area (Å²) in [5, 5.41) is 11.6. The number of carboxylic acid groups (broad SMARTS) is 1. The summed E-state index contributed by atoms with van der Waals surface area (Å²) in [6.07, 6.45) is 3.41. The molecule has 116 valence electrons. The Morgan fingerprint density at radius 3 is 2.86 bits per heavy atom. The van der Waals surface area contributed by atoms with Crippen LogP contribution < -0.4 is 9.80 Å². The second kappa shape index (κ2) is 5.48. The SMILES string of the molecule is Cc1cccc2c(N3CCCC3C(=O)O)cnc(N(C)C)c12. The van der Waals surface area contributed by atoms with Crippen molar-refractivity contribution in [2.24, 2.45) is 0 Å². The van der Waals surface area contributed by atoms with Gasteiger partial charge in [-0.05, 0) is 25.3 Å². The minimum absolute atomic E-state index is 0.448. The van der Waals surface area contributed by atoms with Crippen molar-refractivity contribution >= 4 is 28.2 Å². The first-order valence-corrected chi connectivity index (χ1v) is 7.56. The summed E-state index contributed by atoms with van der Waals surface area (Å²) in [5.74, 6) is 0.165. The molecule has 1 N–H and O–H groups in total. The Morgan fingerprint density at radius 2 is 2.18 bits per heavy atom. The van der Waals surface area contributed by atoms with Crippen molar-refractivity contribution in [1.29, 1.82) is 0 Å². The number of benzene rings is 1. The Morgan fingerprint density at radius 1 is 1.41 bits per heavy atom. The van der Waals surface area contributed by atoms with Gasteiger partial charge in [-0.1, -0.05) is 18.2 Å². The summed E-state index contributed by atoms with van der Waals surface area (Å²) < 4.78 is 0. The molecule has 2 aromatic rings. The normalized spacial score (nSPS) is 18.0. The molecule has 1 aliphatic rings. The van der Waals surface area contributed by atoms with E-state index in [4.69, 9.17) is 0 Å². The van der Waals surface area contributed by atoms with E-state index in [1.807, 2.05) is 36.2 Å². The van der Waals surface area contributed by atoms with Crippen LogP contribution in [-0.4, -0.2) is 42.7 Å². The van der Waals surface area contributed by atoms with Crippen molar-refractivity contribution in [2.45, 2.75) is 25.8 Å². The molecule has 5 heteroatoms. The predicted octanol–water partition coefficient (Wildman–Crippen LogP) is 2.66. The minimum Gasteiger partial charge on any atom is -0.480 e. The van der Waals surface area contributed by atoms with Gasteiger partial charge in [0, 0.05) is 31.4 Å². The van der Waals surface area contributed by atoms with Crippen LogP contribution in [0.25, 0.3) is 10.8 Å². The molecule has 1 aliphatic heterocycles. The van der Waals surface area contributed by atoms with Crippen molar-refractivity contribution in [2.75, 3.05) is 30.4 Å². The highest BCUT2D eigenvalue weighted by atomic mass is 16.4. The van der Waals surface area contributed by atoms with E-state index in [0.717, 1.165) is 40.8 Å². The van der Waals surface area contributed by atoms with Gasteiger partial charge in [0.05, 0.1) is 11.9 Å². The van der Waals surface area contributed by atoms with Crippen LogP contribution in [0, 0.1) is 6.92 Å². The molecule has 1 fully saturated rings. The minimum atomic E-state index is -0.755. The van der Waals surface area contributed by atoms with Crippen molar-refractivity contribution in [3.8, 4) is 0 Å². The summed E-state index contributed by atoms with van der Waals surface area (Å²) in [5.41, 5.74) is 2.08. The summed E-state index contributed by atoms with van der Waals surface area (Å²) in [7, 11) is 3.95. The monoisotopic (exact) mass is 299 g/mol.